The molecule has 1 aliphatic heterocycles. The van der Waals surface area contributed by atoms with E-state index in [-0.39, 0.29) is 5.91 Å². The van der Waals surface area contributed by atoms with Crippen LogP contribution >= 0.6 is 11.3 Å². The Labute approximate surface area is 168 Å². The van der Waals surface area contributed by atoms with Crippen molar-refractivity contribution in [1.29, 1.82) is 0 Å². The second kappa shape index (κ2) is 8.02. The van der Waals surface area contributed by atoms with Gasteiger partial charge in [-0.1, -0.05) is 18.2 Å². The van der Waals surface area contributed by atoms with Crippen LogP contribution in [-0.4, -0.2) is 24.5 Å². The number of hydrogen-bond acceptors (Lipinski definition) is 5. The summed E-state index contributed by atoms with van der Waals surface area (Å²) >= 11 is 1.53. The molecule has 144 valence electrons. The van der Waals surface area contributed by atoms with E-state index < -0.39 is 0 Å². The highest BCUT2D eigenvalue weighted by Gasteiger charge is 2.25. The summed E-state index contributed by atoms with van der Waals surface area (Å²) in [4.78, 5) is 19.4. The molecule has 0 radical (unpaired) electrons. The largest absolute Gasteiger partial charge is 0.493 e. The third kappa shape index (κ3) is 3.60. The second-order valence-corrected chi connectivity index (χ2v) is 7.50. The number of hydrogen-bond donors (Lipinski definition) is 0. The lowest BCUT2D eigenvalue weighted by atomic mass is 9.97. The van der Waals surface area contributed by atoms with E-state index in [2.05, 4.69) is 30.1 Å². The molecule has 6 heteroatoms. The van der Waals surface area contributed by atoms with E-state index in [1.165, 1.54) is 16.9 Å². The van der Waals surface area contributed by atoms with Crippen LogP contribution in [0.5, 0.6) is 11.5 Å². The minimum Gasteiger partial charge on any atom is -0.493 e. The first-order chi connectivity index (χ1) is 13.7. The Balaban J connectivity index is 1.59. The van der Waals surface area contributed by atoms with E-state index in [0.717, 1.165) is 36.3 Å². The predicted molar refractivity (Wildman–Crippen MR) is 111 cm³/mol. The van der Waals surface area contributed by atoms with Crippen LogP contribution in [0.15, 0.2) is 47.3 Å². The van der Waals surface area contributed by atoms with Crippen LogP contribution in [0.4, 0.5) is 5.69 Å². The molecule has 0 fully saturated rings. The van der Waals surface area contributed by atoms with Crippen LogP contribution in [0.3, 0.4) is 0 Å². The zero-order chi connectivity index (χ0) is 19.5. The Kier molecular flexibility index (Phi) is 5.30. The van der Waals surface area contributed by atoms with Crippen molar-refractivity contribution < 1.29 is 14.3 Å². The van der Waals surface area contributed by atoms with Gasteiger partial charge in [-0.25, -0.2) is 4.98 Å². The summed E-state index contributed by atoms with van der Waals surface area (Å²) in [6.07, 6.45) is 1.97. The fraction of sp³-hybridized carbons (Fsp3) is 0.273. The average Bonchev–Trinajstić information content (AvgIpc) is 3.25. The molecule has 0 bridgehead atoms. The van der Waals surface area contributed by atoms with Crippen molar-refractivity contribution in [3.63, 3.8) is 0 Å². The van der Waals surface area contributed by atoms with Gasteiger partial charge >= 0.3 is 0 Å². The highest BCUT2D eigenvalue weighted by Crippen LogP contribution is 2.34. The molecule has 0 N–H and O–H groups in total. The Bertz CT molecular complexity index is 985. The number of carbonyl (C=O) groups is 1. The minimum absolute atomic E-state index is 0.0143. The first-order valence-electron chi connectivity index (χ1n) is 9.25. The zero-order valence-corrected chi connectivity index (χ0v) is 16.8. The van der Waals surface area contributed by atoms with Crippen molar-refractivity contribution in [3.05, 3.63) is 69.7 Å². The molecule has 0 aliphatic carbocycles. The molecule has 28 heavy (non-hydrogen) atoms. The van der Waals surface area contributed by atoms with Crippen LogP contribution in [0.1, 0.15) is 33.6 Å². The summed E-state index contributed by atoms with van der Waals surface area (Å²) in [6.45, 7) is 3.15. The number of thiazole rings is 1. The first-order valence-corrected chi connectivity index (χ1v) is 10.2. The number of methoxy groups -OCH3 is 1. The number of aromatic nitrogens is 1. The first kappa shape index (κ1) is 18.5. The Morgan fingerprint density at radius 3 is 2.93 bits per heavy atom. The number of ether oxygens (including phenoxy) is 2. The van der Waals surface area contributed by atoms with Crippen molar-refractivity contribution in [1.82, 2.24) is 4.98 Å². The number of nitrogens with zero attached hydrogens (tertiary/aromatic N) is 2. The predicted octanol–water partition coefficient (Wildman–Crippen LogP) is 4.63. The Hall–Kier alpha value is -2.86. The summed E-state index contributed by atoms with van der Waals surface area (Å²) in [5.74, 6) is 1.13. The van der Waals surface area contributed by atoms with Gasteiger partial charge < -0.3 is 14.4 Å². The molecule has 0 saturated heterocycles. The van der Waals surface area contributed by atoms with Crippen molar-refractivity contribution >= 4 is 22.9 Å². The second-order valence-electron chi connectivity index (χ2n) is 6.78. The molecule has 0 unspecified atom stereocenters. The zero-order valence-electron chi connectivity index (χ0n) is 16.0. The molecule has 0 saturated carbocycles. The van der Waals surface area contributed by atoms with Gasteiger partial charge in [-0.3, -0.25) is 4.79 Å². The number of fused-ring (bicyclic) bond motifs is 1. The minimum atomic E-state index is -0.0143. The molecule has 4 rings (SSSR count). The number of anilines is 1. The number of carbonyl (C=O) groups excluding carboxylic acids is 1. The molecule has 2 aromatic carbocycles. The normalized spacial score (nSPS) is 13.1. The van der Waals surface area contributed by atoms with Crippen LogP contribution in [-0.2, 0) is 13.0 Å². The summed E-state index contributed by atoms with van der Waals surface area (Å²) < 4.78 is 11.3. The van der Waals surface area contributed by atoms with Gasteiger partial charge in [0.2, 0.25) is 0 Å². The van der Waals surface area contributed by atoms with Gasteiger partial charge in [-0.15, -0.1) is 11.3 Å². The average molecular weight is 394 g/mol. The fourth-order valence-corrected chi connectivity index (χ4v) is 4.13. The van der Waals surface area contributed by atoms with Crippen LogP contribution in [0, 0.1) is 6.92 Å². The monoisotopic (exact) mass is 394 g/mol. The van der Waals surface area contributed by atoms with E-state index in [9.17, 15) is 4.79 Å². The van der Waals surface area contributed by atoms with E-state index in [1.54, 1.807) is 30.8 Å². The molecule has 5 nitrogen and oxygen atoms in total. The SMILES string of the molecule is COc1cc(C(=O)N2CCCc3cccc(C)c32)ccc1OCc1cscn1. The maximum absolute atomic E-state index is 13.3. The maximum atomic E-state index is 13.3. The Morgan fingerprint density at radius 2 is 2.14 bits per heavy atom. The number of amides is 1. The van der Waals surface area contributed by atoms with Crippen molar-refractivity contribution in [3.8, 4) is 11.5 Å². The van der Waals surface area contributed by atoms with Gasteiger partial charge in [0.05, 0.1) is 24.0 Å². The lowest BCUT2D eigenvalue weighted by molar-refractivity contribution is 0.0984. The van der Waals surface area contributed by atoms with Crippen LogP contribution < -0.4 is 14.4 Å². The van der Waals surface area contributed by atoms with E-state index in [4.69, 9.17) is 9.47 Å². The van der Waals surface area contributed by atoms with Crippen LogP contribution in [0.25, 0.3) is 0 Å². The molecule has 2 heterocycles. The molecule has 1 aliphatic rings. The molecular weight excluding hydrogens is 372 g/mol. The van der Waals surface area contributed by atoms with E-state index >= 15 is 0 Å². The quantitative estimate of drug-likeness (QED) is 0.633. The topological polar surface area (TPSA) is 51.7 Å². The molecule has 1 aromatic heterocycles. The van der Waals surface area contributed by atoms with Crippen molar-refractivity contribution in [2.24, 2.45) is 0 Å². The number of rotatable bonds is 5. The third-order valence-electron chi connectivity index (χ3n) is 4.93. The lowest BCUT2D eigenvalue weighted by Crippen LogP contribution is -2.36. The van der Waals surface area contributed by atoms with Gasteiger partial charge in [0.25, 0.3) is 5.91 Å². The standard InChI is InChI=1S/C22H22N2O3S/c1-15-5-3-6-16-7-4-10-24(21(15)16)22(25)17-8-9-19(20(11-17)26-2)27-12-18-13-28-14-23-18/h3,5-6,8-9,11,13-14H,4,7,10,12H2,1-2H3. The summed E-state index contributed by atoms with van der Waals surface area (Å²) in [5, 5.41) is 1.94. The van der Waals surface area contributed by atoms with Crippen molar-refractivity contribution in [2.45, 2.75) is 26.4 Å². The summed E-state index contributed by atoms with van der Waals surface area (Å²) in [6, 6.07) is 11.6. The van der Waals surface area contributed by atoms with Gasteiger partial charge in [-0.2, -0.15) is 0 Å². The fourth-order valence-electron chi connectivity index (χ4n) is 3.59. The number of benzene rings is 2. The summed E-state index contributed by atoms with van der Waals surface area (Å²) in [7, 11) is 1.58. The molecular formula is C22H22N2O3S. The highest BCUT2D eigenvalue weighted by atomic mass is 32.1. The van der Waals surface area contributed by atoms with Crippen LogP contribution in [0.2, 0.25) is 0 Å². The van der Waals surface area contributed by atoms with Gasteiger partial charge in [0, 0.05) is 17.5 Å². The molecule has 3 aromatic rings. The van der Waals surface area contributed by atoms with Gasteiger partial charge in [-0.05, 0) is 49.1 Å². The highest BCUT2D eigenvalue weighted by molar-refractivity contribution is 7.07. The smallest absolute Gasteiger partial charge is 0.258 e. The number of para-hydroxylation sites is 1. The van der Waals surface area contributed by atoms with Gasteiger partial charge in [0.15, 0.2) is 11.5 Å². The number of aryl methyl sites for hydroxylation is 2. The summed E-state index contributed by atoms with van der Waals surface area (Å²) in [5.41, 5.74) is 6.63. The van der Waals surface area contributed by atoms with Gasteiger partial charge in [0.1, 0.15) is 6.61 Å². The van der Waals surface area contributed by atoms with E-state index in [1.807, 2.05) is 10.3 Å². The lowest BCUT2D eigenvalue weighted by Gasteiger charge is -2.31. The molecule has 0 spiro atoms. The molecule has 0 atom stereocenters. The third-order valence-corrected chi connectivity index (χ3v) is 5.57. The molecule has 1 amide bonds. The Morgan fingerprint density at radius 1 is 1.25 bits per heavy atom. The maximum Gasteiger partial charge on any atom is 0.258 e. The van der Waals surface area contributed by atoms with Crippen molar-refractivity contribution in [2.75, 3.05) is 18.6 Å². The van der Waals surface area contributed by atoms with E-state index in [0.29, 0.717) is 23.7 Å².